The predicted octanol–water partition coefficient (Wildman–Crippen LogP) is 3.74. The fraction of sp³-hybridized carbons (Fsp3) is 0.318. The SMILES string of the molecule is Cc1cccc2c1/C(=C\Nc1ccc(N(C)CCC3OCCO3)c(F)c1)C(=O)N2. The molecule has 0 radical (unpaired) electrons. The molecule has 0 spiro atoms. The van der Waals surface area contributed by atoms with Gasteiger partial charge in [0.1, 0.15) is 5.82 Å². The third-order valence-corrected chi connectivity index (χ3v) is 5.17. The van der Waals surface area contributed by atoms with Crippen molar-refractivity contribution in [2.24, 2.45) is 0 Å². The second kappa shape index (κ2) is 8.23. The van der Waals surface area contributed by atoms with Gasteiger partial charge >= 0.3 is 0 Å². The minimum Gasteiger partial charge on any atom is -0.372 e. The van der Waals surface area contributed by atoms with Crippen molar-refractivity contribution in [1.82, 2.24) is 0 Å². The molecule has 152 valence electrons. The van der Waals surface area contributed by atoms with E-state index in [-0.39, 0.29) is 18.0 Å². The summed E-state index contributed by atoms with van der Waals surface area (Å²) in [7, 11) is 1.84. The summed E-state index contributed by atoms with van der Waals surface area (Å²) in [5, 5.41) is 5.90. The molecule has 2 aromatic rings. The zero-order valence-electron chi connectivity index (χ0n) is 16.5. The van der Waals surface area contributed by atoms with Crippen molar-refractivity contribution in [3.05, 3.63) is 59.5 Å². The Labute approximate surface area is 169 Å². The summed E-state index contributed by atoms with van der Waals surface area (Å²) in [4.78, 5) is 14.1. The second-order valence-corrected chi connectivity index (χ2v) is 7.20. The van der Waals surface area contributed by atoms with E-state index in [2.05, 4.69) is 10.6 Å². The first-order valence-electron chi connectivity index (χ1n) is 9.65. The number of nitrogens with one attached hydrogen (secondary N) is 2. The molecule has 0 unspecified atom stereocenters. The van der Waals surface area contributed by atoms with Crippen molar-refractivity contribution in [2.45, 2.75) is 19.6 Å². The Kier molecular flexibility index (Phi) is 5.51. The number of nitrogens with zero attached hydrogens (tertiary/aromatic N) is 1. The van der Waals surface area contributed by atoms with E-state index >= 15 is 0 Å². The molecule has 2 aliphatic heterocycles. The molecular formula is C22H24FN3O3. The quantitative estimate of drug-likeness (QED) is 0.727. The zero-order chi connectivity index (χ0) is 20.4. The van der Waals surface area contributed by atoms with E-state index in [9.17, 15) is 9.18 Å². The van der Waals surface area contributed by atoms with Crippen LogP contribution in [-0.2, 0) is 14.3 Å². The van der Waals surface area contributed by atoms with Crippen LogP contribution in [0.15, 0.2) is 42.6 Å². The van der Waals surface area contributed by atoms with Crippen LogP contribution >= 0.6 is 0 Å². The van der Waals surface area contributed by atoms with E-state index in [1.807, 2.05) is 37.1 Å². The molecule has 2 N–H and O–H groups in total. The molecule has 2 aromatic carbocycles. The maximum Gasteiger partial charge on any atom is 0.257 e. The van der Waals surface area contributed by atoms with Crippen LogP contribution in [0.5, 0.6) is 0 Å². The number of aryl methyl sites for hydroxylation is 1. The zero-order valence-corrected chi connectivity index (χ0v) is 16.5. The summed E-state index contributed by atoms with van der Waals surface area (Å²) < 4.78 is 25.5. The van der Waals surface area contributed by atoms with Crippen LogP contribution in [0.25, 0.3) is 5.57 Å². The van der Waals surface area contributed by atoms with E-state index in [1.54, 1.807) is 18.3 Å². The molecule has 1 saturated heterocycles. The van der Waals surface area contributed by atoms with Gasteiger partial charge in [-0.3, -0.25) is 4.79 Å². The van der Waals surface area contributed by atoms with E-state index in [0.717, 1.165) is 16.8 Å². The lowest BCUT2D eigenvalue weighted by molar-refractivity contribution is -0.110. The largest absolute Gasteiger partial charge is 0.372 e. The molecule has 6 nitrogen and oxygen atoms in total. The Morgan fingerprint density at radius 2 is 2.07 bits per heavy atom. The van der Waals surface area contributed by atoms with Gasteiger partial charge in [-0.15, -0.1) is 0 Å². The molecular weight excluding hydrogens is 373 g/mol. The van der Waals surface area contributed by atoms with Crippen LogP contribution < -0.4 is 15.5 Å². The summed E-state index contributed by atoms with van der Waals surface area (Å²) in [6, 6.07) is 10.7. The number of hydrogen-bond acceptors (Lipinski definition) is 5. The molecule has 0 aromatic heterocycles. The fourth-order valence-corrected chi connectivity index (χ4v) is 3.63. The van der Waals surface area contributed by atoms with Crippen molar-refractivity contribution >= 4 is 28.5 Å². The van der Waals surface area contributed by atoms with Gasteiger partial charge in [0, 0.05) is 43.2 Å². The Morgan fingerprint density at radius 1 is 1.28 bits per heavy atom. The standard InChI is InChI=1S/C22H24FN3O3/c1-14-4-3-5-18-21(14)16(22(27)25-18)13-24-15-6-7-19(17(23)12-15)26(2)9-8-20-28-10-11-29-20/h3-7,12-13,20,24H,8-11H2,1-2H3,(H,25,27)/b16-13+. The van der Waals surface area contributed by atoms with Gasteiger partial charge in [0.2, 0.25) is 0 Å². The van der Waals surface area contributed by atoms with Crippen LogP contribution in [0.4, 0.5) is 21.5 Å². The van der Waals surface area contributed by atoms with Gasteiger partial charge in [0.25, 0.3) is 5.91 Å². The summed E-state index contributed by atoms with van der Waals surface area (Å²) in [6.45, 7) is 3.80. The number of halogens is 1. The molecule has 1 amide bonds. The van der Waals surface area contributed by atoms with Crippen molar-refractivity contribution in [3.8, 4) is 0 Å². The summed E-state index contributed by atoms with van der Waals surface area (Å²) >= 11 is 0. The summed E-state index contributed by atoms with van der Waals surface area (Å²) in [6.07, 6.45) is 2.09. The first-order valence-corrected chi connectivity index (χ1v) is 9.65. The highest BCUT2D eigenvalue weighted by molar-refractivity contribution is 6.32. The van der Waals surface area contributed by atoms with Crippen LogP contribution in [0.1, 0.15) is 17.5 Å². The van der Waals surface area contributed by atoms with Gasteiger partial charge in [0.05, 0.1) is 24.5 Å². The number of benzene rings is 2. The van der Waals surface area contributed by atoms with Crippen molar-refractivity contribution in [2.75, 3.05) is 42.3 Å². The van der Waals surface area contributed by atoms with Gasteiger partial charge in [-0.1, -0.05) is 12.1 Å². The number of rotatable bonds is 6. The van der Waals surface area contributed by atoms with Gasteiger partial charge in [-0.2, -0.15) is 0 Å². The Bertz CT molecular complexity index is 954. The Morgan fingerprint density at radius 3 is 2.83 bits per heavy atom. The van der Waals surface area contributed by atoms with E-state index < -0.39 is 0 Å². The average Bonchev–Trinajstić information content (AvgIpc) is 3.32. The monoisotopic (exact) mass is 397 g/mol. The smallest absolute Gasteiger partial charge is 0.257 e. The molecule has 7 heteroatoms. The van der Waals surface area contributed by atoms with Gasteiger partial charge in [-0.05, 0) is 36.8 Å². The lowest BCUT2D eigenvalue weighted by Crippen LogP contribution is -2.24. The number of carbonyl (C=O) groups excluding carboxylic acids is 1. The first-order chi connectivity index (χ1) is 14.0. The molecule has 4 rings (SSSR count). The third kappa shape index (κ3) is 4.11. The number of fused-ring (bicyclic) bond motifs is 1. The maximum absolute atomic E-state index is 14.6. The van der Waals surface area contributed by atoms with Gasteiger partial charge in [-0.25, -0.2) is 4.39 Å². The van der Waals surface area contributed by atoms with E-state index in [0.29, 0.717) is 43.1 Å². The summed E-state index contributed by atoms with van der Waals surface area (Å²) in [5.74, 6) is -0.508. The number of anilines is 3. The highest BCUT2D eigenvalue weighted by Gasteiger charge is 2.25. The average molecular weight is 397 g/mol. The van der Waals surface area contributed by atoms with Crippen LogP contribution in [0.3, 0.4) is 0 Å². The molecule has 1 fully saturated rings. The molecule has 0 aliphatic carbocycles. The maximum atomic E-state index is 14.6. The normalized spacial score (nSPS) is 17.5. The number of amides is 1. The molecule has 29 heavy (non-hydrogen) atoms. The van der Waals surface area contributed by atoms with E-state index in [4.69, 9.17) is 9.47 Å². The molecule has 2 heterocycles. The predicted molar refractivity (Wildman–Crippen MR) is 111 cm³/mol. The lowest BCUT2D eigenvalue weighted by atomic mass is 10.0. The number of ether oxygens (including phenoxy) is 2. The molecule has 0 bridgehead atoms. The van der Waals surface area contributed by atoms with Crippen LogP contribution in [0.2, 0.25) is 0 Å². The van der Waals surface area contributed by atoms with Gasteiger partial charge < -0.3 is 25.0 Å². The molecule has 0 atom stereocenters. The minimum absolute atomic E-state index is 0.171. The fourth-order valence-electron chi connectivity index (χ4n) is 3.63. The van der Waals surface area contributed by atoms with Crippen LogP contribution in [0, 0.1) is 12.7 Å². The Hall–Kier alpha value is -2.90. The third-order valence-electron chi connectivity index (χ3n) is 5.17. The highest BCUT2D eigenvalue weighted by Crippen LogP contribution is 2.34. The topological polar surface area (TPSA) is 62.8 Å². The van der Waals surface area contributed by atoms with Crippen molar-refractivity contribution < 1.29 is 18.7 Å². The molecule has 2 aliphatic rings. The molecule has 0 saturated carbocycles. The first kappa shape index (κ1) is 19.4. The Balaban J connectivity index is 1.45. The van der Waals surface area contributed by atoms with Gasteiger partial charge in [0.15, 0.2) is 6.29 Å². The lowest BCUT2D eigenvalue weighted by Gasteiger charge is -2.21. The highest BCUT2D eigenvalue weighted by atomic mass is 19.1. The van der Waals surface area contributed by atoms with Crippen molar-refractivity contribution in [3.63, 3.8) is 0 Å². The number of carbonyl (C=O) groups is 1. The van der Waals surface area contributed by atoms with Crippen LogP contribution in [-0.4, -0.2) is 39.0 Å². The second-order valence-electron chi connectivity index (χ2n) is 7.20. The van der Waals surface area contributed by atoms with Crippen molar-refractivity contribution in [1.29, 1.82) is 0 Å². The number of hydrogen-bond donors (Lipinski definition) is 2. The summed E-state index contributed by atoms with van der Waals surface area (Å²) in [5.41, 5.74) is 4.29. The minimum atomic E-state index is -0.336. The van der Waals surface area contributed by atoms with E-state index in [1.165, 1.54) is 6.07 Å².